The summed E-state index contributed by atoms with van der Waals surface area (Å²) >= 11 is 0. The summed E-state index contributed by atoms with van der Waals surface area (Å²) in [5, 5.41) is 6.31. The van der Waals surface area contributed by atoms with Crippen molar-refractivity contribution in [2.75, 3.05) is 33.7 Å². The maximum Gasteiger partial charge on any atom is 0.243 e. The van der Waals surface area contributed by atoms with E-state index in [1.807, 2.05) is 18.2 Å². The molecule has 0 radical (unpaired) electrons. The van der Waals surface area contributed by atoms with Crippen LogP contribution >= 0.6 is 0 Å². The quantitative estimate of drug-likeness (QED) is 0.557. The molecule has 140 valence electrons. The number of guanidine groups is 1. The largest absolute Gasteiger partial charge is 0.469 e. The fraction of sp³-hybridized carbons (Fsp3) is 0.368. The molecular formula is C19H25FN4O2. The molecule has 1 heterocycles. The van der Waals surface area contributed by atoms with Gasteiger partial charge in [0.2, 0.25) is 5.91 Å². The monoisotopic (exact) mass is 360 g/mol. The first kappa shape index (κ1) is 19.5. The summed E-state index contributed by atoms with van der Waals surface area (Å²) in [5.41, 5.74) is 0.638. The molecule has 0 bridgehead atoms. The molecule has 6 nitrogen and oxygen atoms in total. The zero-order valence-corrected chi connectivity index (χ0v) is 15.2. The van der Waals surface area contributed by atoms with Gasteiger partial charge in [-0.15, -0.1) is 0 Å². The van der Waals surface area contributed by atoms with Crippen molar-refractivity contribution in [3.8, 4) is 0 Å². The van der Waals surface area contributed by atoms with Gasteiger partial charge in [0.1, 0.15) is 18.1 Å². The van der Waals surface area contributed by atoms with Crippen molar-refractivity contribution in [3.05, 3.63) is 59.8 Å². The highest BCUT2D eigenvalue weighted by atomic mass is 19.1. The summed E-state index contributed by atoms with van der Waals surface area (Å²) in [6, 6.07) is 10.4. The molecule has 0 aliphatic heterocycles. The number of carbonyl (C=O) groups excluding carboxylic acids is 1. The molecular weight excluding hydrogens is 335 g/mol. The van der Waals surface area contributed by atoms with Crippen molar-refractivity contribution in [1.82, 2.24) is 15.5 Å². The van der Waals surface area contributed by atoms with Crippen molar-refractivity contribution in [3.63, 3.8) is 0 Å². The topological polar surface area (TPSA) is 69.9 Å². The Kier molecular flexibility index (Phi) is 7.67. The Balaban J connectivity index is 1.87. The first-order valence-corrected chi connectivity index (χ1v) is 8.54. The molecule has 1 amide bonds. The summed E-state index contributed by atoms with van der Waals surface area (Å²) in [7, 11) is 3.38. The Hall–Kier alpha value is -2.83. The van der Waals surface area contributed by atoms with E-state index in [0.29, 0.717) is 37.5 Å². The van der Waals surface area contributed by atoms with Crippen LogP contribution in [-0.4, -0.2) is 50.5 Å². The Morgan fingerprint density at radius 3 is 2.50 bits per heavy atom. The van der Waals surface area contributed by atoms with Gasteiger partial charge in [0.05, 0.1) is 6.26 Å². The predicted molar refractivity (Wildman–Crippen MR) is 99.5 cm³/mol. The fourth-order valence-corrected chi connectivity index (χ4v) is 2.24. The van der Waals surface area contributed by atoms with E-state index in [4.69, 9.17) is 4.42 Å². The molecule has 2 aromatic rings. The number of hydrogen-bond acceptors (Lipinski definition) is 3. The highest BCUT2D eigenvalue weighted by Gasteiger charge is 2.06. The molecule has 0 saturated carbocycles. The van der Waals surface area contributed by atoms with Gasteiger partial charge < -0.3 is 20.0 Å². The SMILES string of the molecule is CN(C)C(=O)CN=C(NCCc1ccco1)NCCc1ccccc1F. The van der Waals surface area contributed by atoms with Gasteiger partial charge in [-0.2, -0.15) is 0 Å². The number of nitrogens with zero attached hydrogens (tertiary/aromatic N) is 2. The number of furan rings is 1. The number of aliphatic imine (C=N–C) groups is 1. The second-order valence-corrected chi connectivity index (χ2v) is 5.98. The van der Waals surface area contributed by atoms with E-state index < -0.39 is 0 Å². The van der Waals surface area contributed by atoms with Gasteiger partial charge in [-0.05, 0) is 30.2 Å². The third kappa shape index (κ3) is 6.58. The normalized spacial score (nSPS) is 11.3. The summed E-state index contributed by atoms with van der Waals surface area (Å²) < 4.78 is 19.0. The van der Waals surface area contributed by atoms with Gasteiger partial charge in [0.15, 0.2) is 5.96 Å². The maximum atomic E-state index is 13.7. The second-order valence-electron chi connectivity index (χ2n) is 5.98. The van der Waals surface area contributed by atoms with E-state index in [1.165, 1.54) is 11.0 Å². The molecule has 0 fully saturated rings. The lowest BCUT2D eigenvalue weighted by molar-refractivity contribution is -0.127. The van der Waals surface area contributed by atoms with Gasteiger partial charge in [0.25, 0.3) is 0 Å². The second kappa shape index (κ2) is 10.2. The fourth-order valence-electron chi connectivity index (χ4n) is 2.24. The highest BCUT2D eigenvalue weighted by Crippen LogP contribution is 2.06. The van der Waals surface area contributed by atoms with Crippen LogP contribution in [0.1, 0.15) is 11.3 Å². The number of amides is 1. The van der Waals surface area contributed by atoms with Crippen molar-refractivity contribution in [1.29, 1.82) is 0 Å². The molecule has 1 aromatic carbocycles. The van der Waals surface area contributed by atoms with E-state index in [1.54, 1.807) is 32.5 Å². The molecule has 2 N–H and O–H groups in total. The third-order valence-corrected chi connectivity index (χ3v) is 3.76. The van der Waals surface area contributed by atoms with Crippen LogP contribution in [0.4, 0.5) is 4.39 Å². The van der Waals surface area contributed by atoms with Crippen molar-refractivity contribution in [2.24, 2.45) is 4.99 Å². The van der Waals surface area contributed by atoms with Gasteiger partial charge in [-0.3, -0.25) is 4.79 Å². The van der Waals surface area contributed by atoms with Crippen molar-refractivity contribution >= 4 is 11.9 Å². The Morgan fingerprint density at radius 1 is 1.12 bits per heavy atom. The minimum absolute atomic E-state index is 0.0444. The zero-order valence-electron chi connectivity index (χ0n) is 15.2. The number of halogens is 1. The van der Waals surface area contributed by atoms with Gasteiger partial charge >= 0.3 is 0 Å². The molecule has 0 spiro atoms. The molecule has 1 aromatic heterocycles. The number of benzene rings is 1. The summed E-state index contributed by atoms with van der Waals surface area (Å²) in [4.78, 5) is 17.5. The molecule has 0 aliphatic rings. The predicted octanol–water partition coefficient (Wildman–Crippen LogP) is 1.83. The van der Waals surface area contributed by atoms with Crippen molar-refractivity contribution < 1.29 is 13.6 Å². The molecule has 26 heavy (non-hydrogen) atoms. The van der Waals surface area contributed by atoms with Crippen LogP contribution in [0, 0.1) is 5.82 Å². The standard InChI is InChI=1S/C19H25FN4O2/c1-24(2)18(25)14-23-19(22-12-10-16-7-5-13-26-16)21-11-9-15-6-3-4-8-17(15)20/h3-8,13H,9-12,14H2,1-2H3,(H2,21,22,23). The van der Waals surface area contributed by atoms with Crippen LogP contribution in [0.2, 0.25) is 0 Å². The molecule has 0 aliphatic carbocycles. The average Bonchev–Trinajstić information content (AvgIpc) is 3.13. The highest BCUT2D eigenvalue weighted by molar-refractivity contribution is 5.84. The molecule has 7 heteroatoms. The zero-order chi connectivity index (χ0) is 18.8. The van der Waals surface area contributed by atoms with E-state index in [0.717, 1.165) is 5.76 Å². The Bertz CT molecular complexity index is 714. The first-order valence-electron chi connectivity index (χ1n) is 8.54. The molecule has 0 atom stereocenters. The van der Waals surface area contributed by atoms with Crippen LogP contribution in [0.5, 0.6) is 0 Å². The number of carbonyl (C=O) groups is 1. The maximum absolute atomic E-state index is 13.7. The van der Waals surface area contributed by atoms with Crippen LogP contribution in [0.25, 0.3) is 0 Å². The summed E-state index contributed by atoms with van der Waals surface area (Å²) in [6.07, 6.45) is 2.85. The smallest absolute Gasteiger partial charge is 0.243 e. The minimum atomic E-state index is -0.221. The summed E-state index contributed by atoms with van der Waals surface area (Å²) in [6.45, 7) is 1.15. The summed E-state index contributed by atoms with van der Waals surface area (Å²) in [5.74, 6) is 1.07. The Labute approximate surface area is 153 Å². The average molecular weight is 360 g/mol. The van der Waals surface area contributed by atoms with Crippen LogP contribution in [0.15, 0.2) is 52.1 Å². The van der Waals surface area contributed by atoms with Gasteiger partial charge in [-0.1, -0.05) is 18.2 Å². The molecule has 2 rings (SSSR count). The van der Waals surface area contributed by atoms with E-state index in [9.17, 15) is 9.18 Å². The van der Waals surface area contributed by atoms with Crippen LogP contribution < -0.4 is 10.6 Å². The minimum Gasteiger partial charge on any atom is -0.469 e. The first-order chi connectivity index (χ1) is 12.6. The van der Waals surface area contributed by atoms with Crippen molar-refractivity contribution in [2.45, 2.75) is 12.8 Å². The van der Waals surface area contributed by atoms with Gasteiger partial charge in [-0.25, -0.2) is 9.38 Å². The van der Waals surface area contributed by atoms with Crippen LogP contribution in [0.3, 0.4) is 0 Å². The third-order valence-electron chi connectivity index (χ3n) is 3.76. The lowest BCUT2D eigenvalue weighted by Gasteiger charge is -2.13. The van der Waals surface area contributed by atoms with E-state index in [2.05, 4.69) is 15.6 Å². The lowest BCUT2D eigenvalue weighted by Crippen LogP contribution is -2.40. The number of rotatable bonds is 8. The number of hydrogen-bond donors (Lipinski definition) is 2. The lowest BCUT2D eigenvalue weighted by atomic mass is 10.1. The van der Waals surface area contributed by atoms with E-state index in [-0.39, 0.29) is 18.3 Å². The number of nitrogens with one attached hydrogen (secondary N) is 2. The van der Waals surface area contributed by atoms with Crippen LogP contribution in [-0.2, 0) is 17.6 Å². The Morgan fingerprint density at radius 2 is 1.85 bits per heavy atom. The van der Waals surface area contributed by atoms with E-state index >= 15 is 0 Å². The molecule has 0 unspecified atom stereocenters. The van der Waals surface area contributed by atoms with Gasteiger partial charge in [0, 0.05) is 33.6 Å². The number of likely N-dealkylation sites (N-methyl/N-ethyl adjacent to an activating group) is 1. The molecule has 0 saturated heterocycles.